The fourth-order valence-electron chi connectivity index (χ4n) is 1.38. The first kappa shape index (κ1) is 13.1. The zero-order chi connectivity index (χ0) is 12.1. The van der Waals surface area contributed by atoms with E-state index in [-0.39, 0.29) is 0 Å². The van der Waals surface area contributed by atoms with Crippen molar-refractivity contribution in [2.75, 3.05) is 26.7 Å². The van der Waals surface area contributed by atoms with Crippen LogP contribution in [-0.4, -0.2) is 31.8 Å². The van der Waals surface area contributed by atoms with Gasteiger partial charge in [0.15, 0.2) is 11.5 Å². The first-order valence-electron chi connectivity index (χ1n) is 4.71. The SMILES string of the molecule is COc1cc([C@@H](O)CBr)cc(OC)c1OC. The van der Waals surface area contributed by atoms with Gasteiger partial charge in [0.1, 0.15) is 0 Å². The van der Waals surface area contributed by atoms with Crippen molar-refractivity contribution in [3.05, 3.63) is 17.7 Å². The number of halogens is 1. The lowest BCUT2D eigenvalue weighted by atomic mass is 10.1. The summed E-state index contributed by atoms with van der Waals surface area (Å²) in [5.74, 6) is 1.60. The predicted molar refractivity (Wildman–Crippen MR) is 64.9 cm³/mol. The number of benzene rings is 1. The highest BCUT2D eigenvalue weighted by atomic mass is 79.9. The maximum absolute atomic E-state index is 9.73. The molecule has 1 N–H and O–H groups in total. The van der Waals surface area contributed by atoms with Crippen LogP contribution in [0.4, 0.5) is 0 Å². The molecule has 0 aromatic heterocycles. The number of aliphatic hydroxyl groups excluding tert-OH is 1. The number of aliphatic hydroxyl groups is 1. The quantitative estimate of drug-likeness (QED) is 0.844. The van der Waals surface area contributed by atoms with Crippen molar-refractivity contribution in [2.24, 2.45) is 0 Å². The van der Waals surface area contributed by atoms with Gasteiger partial charge >= 0.3 is 0 Å². The van der Waals surface area contributed by atoms with Crippen LogP contribution in [0.1, 0.15) is 11.7 Å². The Bertz CT molecular complexity index is 329. The Balaban J connectivity index is 3.25. The van der Waals surface area contributed by atoms with E-state index in [1.807, 2.05) is 0 Å². The van der Waals surface area contributed by atoms with Gasteiger partial charge in [-0.3, -0.25) is 0 Å². The molecule has 0 bridgehead atoms. The van der Waals surface area contributed by atoms with Gasteiger partial charge in [-0.2, -0.15) is 0 Å². The Kier molecular flexibility index (Phi) is 4.89. The number of alkyl halides is 1. The average Bonchev–Trinajstić information content (AvgIpc) is 2.35. The van der Waals surface area contributed by atoms with Gasteiger partial charge in [-0.15, -0.1) is 0 Å². The molecule has 0 unspecified atom stereocenters. The maximum Gasteiger partial charge on any atom is 0.203 e. The number of hydrogen-bond acceptors (Lipinski definition) is 4. The van der Waals surface area contributed by atoms with Gasteiger partial charge in [0, 0.05) is 5.33 Å². The summed E-state index contributed by atoms with van der Waals surface area (Å²) in [4.78, 5) is 0. The molecule has 0 radical (unpaired) electrons. The Morgan fingerprint density at radius 3 is 1.94 bits per heavy atom. The zero-order valence-electron chi connectivity index (χ0n) is 9.49. The van der Waals surface area contributed by atoms with E-state index in [4.69, 9.17) is 14.2 Å². The van der Waals surface area contributed by atoms with E-state index in [1.165, 1.54) is 0 Å². The summed E-state index contributed by atoms with van der Waals surface area (Å²) in [6.07, 6.45) is -0.603. The molecule has 90 valence electrons. The molecular weight excluding hydrogens is 276 g/mol. The lowest BCUT2D eigenvalue weighted by molar-refractivity contribution is 0.204. The third-order valence-electron chi connectivity index (χ3n) is 2.22. The van der Waals surface area contributed by atoms with Crippen LogP contribution >= 0.6 is 15.9 Å². The van der Waals surface area contributed by atoms with Crippen LogP contribution in [0, 0.1) is 0 Å². The summed E-state index contributed by atoms with van der Waals surface area (Å²) in [6, 6.07) is 3.46. The van der Waals surface area contributed by atoms with Crippen LogP contribution in [0.15, 0.2) is 12.1 Å². The van der Waals surface area contributed by atoms with Crippen molar-refractivity contribution in [3.8, 4) is 17.2 Å². The van der Waals surface area contributed by atoms with Crippen LogP contribution in [0.3, 0.4) is 0 Å². The van der Waals surface area contributed by atoms with E-state index in [0.717, 1.165) is 0 Å². The predicted octanol–water partition coefficient (Wildman–Crippen LogP) is 2.14. The maximum atomic E-state index is 9.73. The zero-order valence-corrected chi connectivity index (χ0v) is 11.1. The van der Waals surface area contributed by atoms with Crippen molar-refractivity contribution in [1.82, 2.24) is 0 Å². The first-order chi connectivity index (χ1) is 7.67. The molecule has 1 atom stereocenters. The largest absolute Gasteiger partial charge is 0.493 e. The molecule has 4 nitrogen and oxygen atoms in total. The van der Waals surface area contributed by atoms with Crippen molar-refractivity contribution >= 4 is 15.9 Å². The average molecular weight is 291 g/mol. The third kappa shape index (κ3) is 2.59. The van der Waals surface area contributed by atoms with Crippen molar-refractivity contribution < 1.29 is 19.3 Å². The standard InChI is InChI=1S/C11H15BrO4/c1-14-9-4-7(8(13)6-12)5-10(15-2)11(9)16-3/h4-5,8,13H,6H2,1-3H3/t8-/m0/s1. The highest BCUT2D eigenvalue weighted by molar-refractivity contribution is 9.09. The van der Waals surface area contributed by atoms with Gasteiger partial charge in [0.2, 0.25) is 5.75 Å². The van der Waals surface area contributed by atoms with Crippen LogP contribution in [0.25, 0.3) is 0 Å². The number of hydrogen-bond donors (Lipinski definition) is 1. The highest BCUT2D eigenvalue weighted by Gasteiger charge is 2.16. The number of ether oxygens (including phenoxy) is 3. The van der Waals surface area contributed by atoms with E-state index in [1.54, 1.807) is 33.5 Å². The first-order valence-corrected chi connectivity index (χ1v) is 5.84. The molecule has 0 aliphatic heterocycles. The van der Waals surface area contributed by atoms with Crippen molar-refractivity contribution in [3.63, 3.8) is 0 Å². The van der Waals surface area contributed by atoms with Gasteiger partial charge in [0.05, 0.1) is 27.4 Å². The molecule has 1 aromatic carbocycles. The second-order valence-corrected chi connectivity index (χ2v) is 3.78. The third-order valence-corrected chi connectivity index (χ3v) is 2.83. The summed E-state index contributed by atoms with van der Waals surface area (Å²) in [5.41, 5.74) is 0.714. The molecule has 0 amide bonds. The molecule has 1 rings (SSSR count). The van der Waals surface area contributed by atoms with Crippen molar-refractivity contribution in [1.29, 1.82) is 0 Å². The molecule has 1 aromatic rings. The van der Waals surface area contributed by atoms with Crippen LogP contribution in [0.5, 0.6) is 17.2 Å². The summed E-state index contributed by atoms with van der Waals surface area (Å²) in [6.45, 7) is 0. The van der Waals surface area contributed by atoms with Gasteiger partial charge in [-0.1, -0.05) is 15.9 Å². The lowest BCUT2D eigenvalue weighted by Gasteiger charge is -2.15. The Morgan fingerprint density at radius 1 is 1.12 bits per heavy atom. The summed E-state index contributed by atoms with van der Waals surface area (Å²) in [7, 11) is 4.63. The number of rotatable bonds is 5. The molecule has 0 aliphatic rings. The Morgan fingerprint density at radius 2 is 1.62 bits per heavy atom. The van der Waals surface area contributed by atoms with E-state index in [2.05, 4.69) is 15.9 Å². The van der Waals surface area contributed by atoms with Crippen LogP contribution < -0.4 is 14.2 Å². The van der Waals surface area contributed by atoms with Gasteiger partial charge in [0.25, 0.3) is 0 Å². The minimum Gasteiger partial charge on any atom is -0.493 e. The minimum absolute atomic E-state index is 0.450. The Labute approximate surface area is 103 Å². The lowest BCUT2D eigenvalue weighted by Crippen LogP contribution is -2.02. The molecule has 0 saturated carbocycles. The summed E-state index contributed by atoms with van der Waals surface area (Å²) in [5, 5.41) is 10.2. The molecular formula is C11H15BrO4. The molecule has 0 fully saturated rings. The fourth-order valence-corrected chi connectivity index (χ4v) is 1.76. The van der Waals surface area contributed by atoms with Crippen LogP contribution in [0.2, 0.25) is 0 Å². The Hall–Kier alpha value is -0.940. The van der Waals surface area contributed by atoms with E-state index < -0.39 is 6.10 Å². The minimum atomic E-state index is -0.603. The van der Waals surface area contributed by atoms with Gasteiger partial charge in [-0.25, -0.2) is 0 Å². The van der Waals surface area contributed by atoms with E-state index >= 15 is 0 Å². The smallest absolute Gasteiger partial charge is 0.203 e. The molecule has 0 heterocycles. The molecule has 0 aliphatic carbocycles. The molecule has 16 heavy (non-hydrogen) atoms. The monoisotopic (exact) mass is 290 g/mol. The topological polar surface area (TPSA) is 47.9 Å². The molecule has 5 heteroatoms. The van der Waals surface area contributed by atoms with Crippen LogP contribution in [-0.2, 0) is 0 Å². The second kappa shape index (κ2) is 5.96. The molecule has 0 saturated heterocycles. The van der Waals surface area contributed by atoms with Gasteiger partial charge in [-0.05, 0) is 17.7 Å². The summed E-state index contributed by atoms with van der Waals surface area (Å²) >= 11 is 3.22. The van der Waals surface area contributed by atoms with Gasteiger partial charge < -0.3 is 19.3 Å². The fraction of sp³-hybridized carbons (Fsp3) is 0.455. The second-order valence-electron chi connectivity index (χ2n) is 3.13. The van der Waals surface area contributed by atoms with E-state index in [0.29, 0.717) is 28.1 Å². The number of methoxy groups -OCH3 is 3. The highest BCUT2D eigenvalue weighted by Crippen LogP contribution is 2.39. The molecule has 0 spiro atoms. The van der Waals surface area contributed by atoms with E-state index in [9.17, 15) is 5.11 Å². The normalized spacial score (nSPS) is 12.1. The summed E-state index contributed by atoms with van der Waals surface area (Å²) < 4.78 is 15.5. The van der Waals surface area contributed by atoms with Crippen molar-refractivity contribution in [2.45, 2.75) is 6.10 Å².